The van der Waals surface area contributed by atoms with E-state index in [-0.39, 0.29) is 0 Å². The molecule has 1 saturated carbocycles. The molecule has 0 unspecified atom stereocenters. The zero-order valence-corrected chi connectivity index (χ0v) is 12.4. The van der Waals surface area contributed by atoms with E-state index in [1.165, 1.54) is 18.4 Å². The standard InChI is InChI=1S/C16H25NO3/c1-18-9-10-20-8-7-17-14-11-13(12-14)15-5-3-4-6-16(15)19-2/h3-6,13-14,17H,7-12H2,1-2H3. The van der Waals surface area contributed by atoms with Gasteiger partial charge in [-0.3, -0.25) is 0 Å². The molecular weight excluding hydrogens is 254 g/mol. The van der Waals surface area contributed by atoms with Gasteiger partial charge in [0, 0.05) is 19.7 Å². The number of para-hydroxylation sites is 1. The Bertz CT molecular complexity index is 391. The summed E-state index contributed by atoms with van der Waals surface area (Å²) in [5.41, 5.74) is 1.34. The molecule has 112 valence electrons. The Balaban J connectivity index is 1.62. The van der Waals surface area contributed by atoms with Crippen molar-refractivity contribution in [2.24, 2.45) is 0 Å². The molecule has 0 heterocycles. The Kier molecular flexibility index (Phi) is 6.30. The van der Waals surface area contributed by atoms with Crippen LogP contribution in [0.3, 0.4) is 0 Å². The van der Waals surface area contributed by atoms with Crippen molar-refractivity contribution in [1.29, 1.82) is 0 Å². The summed E-state index contributed by atoms with van der Waals surface area (Å²) < 4.78 is 15.8. The Morgan fingerprint density at radius 2 is 1.90 bits per heavy atom. The van der Waals surface area contributed by atoms with Crippen LogP contribution in [-0.4, -0.2) is 46.6 Å². The van der Waals surface area contributed by atoms with Crippen molar-refractivity contribution in [2.45, 2.75) is 24.8 Å². The third-order valence-electron chi connectivity index (χ3n) is 3.83. The third-order valence-corrected chi connectivity index (χ3v) is 3.83. The lowest BCUT2D eigenvalue weighted by Gasteiger charge is -2.37. The van der Waals surface area contributed by atoms with Gasteiger partial charge in [0.2, 0.25) is 0 Å². The predicted octanol–water partition coefficient (Wildman–Crippen LogP) is 2.19. The highest BCUT2D eigenvalue weighted by Gasteiger charge is 2.31. The zero-order chi connectivity index (χ0) is 14.2. The smallest absolute Gasteiger partial charge is 0.122 e. The highest BCUT2D eigenvalue weighted by molar-refractivity contribution is 5.37. The molecule has 20 heavy (non-hydrogen) atoms. The number of rotatable bonds is 9. The van der Waals surface area contributed by atoms with Gasteiger partial charge in [0.15, 0.2) is 0 Å². The monoisotopic (exact) mass is 279 g/mol. The van der Waals surface area contributed by atoms with Crippen molar-refractivity contribution in [3.05, 3.63) is 29.8 Å². The summed E-state index contributed by atoms with van der Waals surface area (Å²) in [6.45, 7) is 3.00. The number of hydrogen-bond acceptors (Lipinski definition) is 4. The Hall–Kier alpha value is -1.10. The molecule has 4 nitrogen and oxygen atoms in total. The van der Waals surface area contributed by atoms with Crippen LogP contribution in [0.4, 0.5) is 0 Å². The first-order valence-corrected chi connectivity index (χ1v) is 7.28. The van der Waals surface area contributed by atoms with Gasteiger partial charge in [-0.2, -0.15) is 0 Å². The minimum atomic E-state index is 0.607. The topological polar surface area (TPSA) is 39.7 Å². The Labute approximate surface area is 121 Å². The molecule has 0 bridgehead atoms. The second-order valence-electron chi connectivity index (χ2n) is 5.17. The van der Waals surface area contributed by atoms with Crippen LogP contribution in [0.2, 0.25) is 0 Å². The largest absolute Gasteiger partial charge is 0.496 e. The first kappa shape index (κ1) is 15.3. The van der Waals surface area contributed by atoms with Crippen molar-refractivity contribution in [3.63, 3.8) is 0 Å². The van der Waals surface area contributed by atoms with E-state index in [0.29, 0.717) is 25.2 Å². The van der Waals surface area contributed by atoms with Gasteiger partial charge in [0.05, 0.1) is 26.9 Å². The zero-order valence-electron chi connectivity index (χ0n) is 12.4. The number of hydrogen-bond donors (Lipinski definition) is 1. The van der Waals surface area contributed by atoms with Crippen molar-refractivity contribution >= 4 is 0 Å². The van der Waals surface area contributed by atoms with Crippen molar-refractivity contribution in [2.75, 3.05) is 40.6 Å². The van der Waals surface area contributed by atoms with E-state index in [9.17, 15) is 0 Å². The lowest BCUT2D eigenvalue weighted by atomic mass is 9.75. The molecule has 4 heteroatoms. The summed E-state index contributed by atoms with van der Waals surface area (Å²) in [7, 11) is 3.43. The van der Waals surface area contributed by atoms with E-state index in [1.54, 1.807) is 14.2 Å². The van der Waals surface area contributed by atoms with Crippen LogP contribution in [0.15, 0.2) is 24.3 Å². The molecule has 1 aliphatic rings. The molecule has 2 rings (SSSR count). The van der Waals surface area contributed by atoms with Crippen molar-refractivity contribution in [1.82, 2.24) is 5.32 Å². The number of benzene rings is 1. The molecule has 0 spiro atoms. The maximum atomic E-state index is 5.43. The molecule has 1 fully saturated rings. The van der Waals surface area contributed by atoms with Gasteiger partial charge < -0.3 is 19.5 Å². The fourth-order valence-corrected chi connectivity index (χ4v) is 2.62. The fraction of sp³-hybridized carbons (Fsp3) is 0.625. The molecule has 0 aromatic heterocycles. The summed E-state index contributed by atoms with van der Waals surface area (Å²) in [6, 6.07) is 8.93. The van der Waals surface area contributed by atoms with Crippen LogP contribution in [0.5, 0.6) is 5.75 Å². The summed E-state index contributed by atoms with van der Waals surface area (Å²) >= 11 is 0. The average molecular weight is 279 g/mol. The fourth-order valence-electron chi connectivity index (χ4n) is 2.62. The summed E-state index contributed by atoms with van der Waals surface area (Å²) in [6.07, 6.45) is 2.36. The van der Waals surface area contributed by atoms with Gasteiger partial charge in [-0.25, -0.2) is 0 Å². The minimum Gasteiger partial charge on any atom is -0.496 e. The SMILES string of the molecule is COCCOCCNC1CC(c2ccccc2OC)C1. The van der Waals surface area contributed by atoms with Gasteiger partial charge in [0.25, 0.3) is 0 Å². The van der Waals surface area contributed by atoms with Crippen LogP contribution >= 0.6 is 0 Å². The van der Waals surface area contributed by atoms with E-state index < -0.39 is 0 Å². The van der Waals surface area contributed by atoms with Crippen LogP contribution in [0.25, 0.3) is 0 Å². The van der Waals surface area contributed by atoms with Crippen molar-refractivity contribution in [3.8, 4) is 5.75 Å². The molecule has 1 aromatic carbocycles. The Morgan fingerprint density at radius 1 is 1.10 bits per heavy atom. The second-order valence-corrected chi connectivity index (χ2v) is 5.17. The van der Waals surface area contributed by atoms with E-state index in [1.807, 2.05) is 12.1 Å². The molecule has 1 aromatic rings. The lowest BCUT2D eigenvalue weighted by Crippen LogP contribution is -2.41. The van der Waals surface area contributed by atoms with Gasteiger partial charge in [-0.05, 0) is 30.4 Å². The van der Waals surface area contributed by atoms with Gasteiger partial charge in [0.1, 0.15) is 5.75 Å². The summed E-state index contributed by atoms with van der Waals surface area (Å²) in [4.78, 5) is 0. The van der Waals surface area contributed by atoms with Gasteiger partial charge in [-0.1, -0.05) is 18.2 Å². The normalized spacial score (nSPS) is 21.5. The lowest BCUT2D eigenvalue weighted by molar-refractivity contribution is 0.0694. The van der Waals surface area contributed by atoms with Crippen molar-refractivity contribution < 1.29 is 14.2 Å². The van der Waals surface area contributed by atoms with Gasteiger partial charge >= 0.3 is 0 Å². The number of methoxy groups -OCH3 is 2. The average Bonchev–Trinajstić information content (AvgIpc) is 2.44. The van der Waals surface area contributed by atoms with Crippen LogP contribution in [-0.2, 0) is 9.47 Å². The van der Waals surface area contributed by atoms with E-state index in [4.69, 9.17) is 14.2 Å². The maximum absolute atomic E-state index is 5.43. The van der Waals surface area contributed by atoms with Crippen LogP contribution in [0, 0.1) is 0 Å². The molecule has 0 saturated heterocycles. The van der Waals surface area contributed by atoms with E-state index in [0.717, 1.165) is 18.9 Å². The molecule has 1 aliphatic carbocycles. The molecule has 1 N–H and O–H groups in total. The molecule has 0 atom stereocenters. The number of nitrogens with one attached hydrogen (secondary N) is 1. The van der Waals surface area contributed by atoms with Gasteiger partial charge in [-0.15, -0.1) is 0 Å². The third kappa shape index (κ3) is 4.20. The molecule has 0 amide bonds. The molecule has 0 radical (unpaired) electrons. The molecular formula is C16H25NO3. The second kappa shape index (κ2) is 8.25. The van der Waals surface area contributed by atoms with E-state index in [2.05, 4.69) is 17.4 Å². The maximum Gasteiger partial charge on any atom is 0.122 e. The highest BCUT2D eigenvalue weighted by Crippen LogP contribution is 2.40. The first-order chi connectivity index (χ1) is 9.85. The quantitative estimate of drug-likeness (QED) is 0.703. The predicted molar refractivity (Wildman–Crippen MR) is 79.5 cm³/mol. The summed E-state index contributed by atoms with van der Waals surface area (Å²) in [5.74, 6) is 1.64. The summed E-state index contributed by atoms with van der Waals surface area (Å²) in [5, 5.41) is 3.53. The number of ether oxygens (including phenoxy) is 3. The highest BCUT2D eigenvalue weighted by atomic mass is 16.5. The van der Waals surface area contributed by atoms with E-state index >= 15 is 0 Å². The first-order valence-electron chi connectivity index (χ1n) is 7.28. The van der Waals surface area contributed by atoms with Crippen LogP contribution in [0.1, 0.15) is 24.3 Å². The minimum absolute atomic E-state index is 0.607. The van der Waals surface area contributed by atoms with Crippen LogP contribution < -0.4 is 10.1 Å². The molecule has 0 aliphatic heterocycles. The Morgan fingerprint density at radius 3 is 2.65 bits per heavy atom.